The summed E-state index contributed by atoms with van der Waals surface area (Å²) in [7, 11) is 0. The Labute approximate surface area is 133 Å². The lowest BCUT2D eigenvalue weighted by Crippen LogP contribution is -2.22. The van der Waals surface area contributed by atoms with Crippen LogP contribution in [-0.4, -0.2) is 25.6 Å². The summed E-state index contributed by atoms with van der Waals surface area (Å²) in [5.41, 5.74) is 2.16. The fourth-order valence-electron chi connectivity index (χ4n) is 2.04. The molecule has 0 fully saturated rings. The van der Waals surface area contributed by atoms with Crippen molar-refractivity contribution in [1.82, 2.24) is 25.0 Å². The molecule has 7 heteroatoms. The van der Waals surface area contributed by atoms with Crippen LogP contribution in [0.2, 0.25) is 0 Å². The Morgan fingerprint density at radius 2 is 2.30 bits per heavy atom. The second-order valence-corrected chi connectivity index (χ2v) is 5.41. The molecule has 23 heavy (non-hydrogen) atoms. The van der Waals surface area contributed by atoms with Crippen LogP contribution in [0.15, 0.2) is 47.6 Å². The van der Waals surface area contributed by atoms with Gasteiger partial charge in [0.05, 0.1) is 18.6 Å². The summed E-state index contributed by atoms with van der Waals surface area (Å²) >= 11 is 0. The molecule has 0 aliphatic carbocycles. The Bertz CT molecular complexity index is 792. The summed E-state index contributed by atoms with van der Waals surface area (Å²) in [6.45, 7) is 4.47. The number of rotatable bonds is 5. The van der Waals surface area contributed by atoms with Crippen LogP contribution in [0, 0.1) is 0 Å². The van der Waals surface area contributed by atoms with Crippen molar-refractivity contribution in [3.63, 3.8) is 0 Å². The van der Waals surface area contributed by atoms with E-state index in [1.165, 1.54) is 0 Å². The summed E-state index contributed by atoms with van der Waals surface area (Å²) in [5.74, 6) is -0.168. The van der Waals surface area contributed by atoms with Crippen LogP contribution in [0.4, 0.5) is 0 Å². The van der Waals surface area contributed by atoms with Gasteiger partial charge in [0.15, 0.2) is 0 Å². The van der Waals surface area contributed by atoms with Crippen LogP contribution in [0.1, 0.15) is 36.1 Å². The molecule has 118 valence electrons. The minimum atomic E-state index is -0.327. The molecule has 1 N–H and O–H groups in total. The van der Waals surface area contributed by atoms with E-state index in [9.17, 15) is 4.79 Å². The van der Waals surface area contributed by atoms with Crippen molar-refractivity contribution < 1.29 is 9.32 Å². The highest BCUT2D eigenvalue weighted by atomic mass is 16.5. The van der Waals surface area contributed by atoms with Gasteiger partial charge in [0.2, 0.25) is 5.76 Å². The summed E-state index contributed by atoms with van der Waals surface area (Å²) in [4.78, 5) is 20.4. The zero-order chi connectivity index (χ0) is 16.2. The molecule has 3 rings (SSSR count). The number of carbonyl (C=O) groups excluding carboxylic acids is 1. The predicted molar refractivity (Wildman–Crippen MR) is 83.5 cm³/mol. The van der Waals surface area contributed by atoms with Gasteiger partial charge in [-0.2, -0.15) is 0 Å². The number of hydrogen-bond acceptors (Lipinski definition) is 5. The van der Waals surface area contributed by atoms with E-state index in [1.54, 1.807) is 30.9 Å². The highest BCUT2D eigenvalue weighted by Gasteiger charge is 2.14. The maximum atomic E-state index is 12.1. The Hall–Kier alpha value is -2.96. The zero-order valence-corrected chi connectivity index (χ0v) is 12.9. The van der Waals surface area contributed by atoms with Crippen LogP contribution < -0.4 is 5.32 Å². The number of nitrogens with zero attached hydrogens (tertiary/aromatic N) is 4. The van der Waals surface area contributed by atoms with E-state index < -0.39 is 0 Å². The molecule has 7 nitrogen and oxygen atoms in total. The topological polar surface area (TPSA) is 85.8 Å². The average Bonchev–Trinajstić information content (AvgIpc) is 3.23. The first kappa shape index (κ1) is 15.0. The smallest absolute Gasteiger partial charge is 0.290 e. The fourth-order valence-corrected chi connectivity index (χ4v) is 2.04. The number of imidazole rings is 1. The van der Waals surface area contributed by atoms with Crippen molar-refractivity contribution in [2.24, 2.45) is 0 Å². The molecule has 0 aromatic carbocycles. The van der Waals surface area contributed by atoms with Gasteiger partial charge < -0.3 is 14.4 Å². The Balaban J connectivity index is 1.63. The number of carbonyl (C=O) groups is 1. The van der Waals surface area contributed by atoms with Crippen LogP contribution in [-0.2, 0) is 6.54 Å². The molecular weight excluding hydrogens is 294 g/mol. The Morgan fingerprint density at radius 1 is 1.43 bits per heavy atom. The molecular formula is C16H17N5O2. The number of aromatic nitrogens is 4. The molecule has 0 spiro atoms. The van der Waals surface area contributed by atoms with Crippen molar-refractivity contribution in [2.75, 3.05) is 0 Å². The third-order valence-electron chi connectivity index (χ3n) is 3.37. The average molecular weight is 311 g/mol. The molecule has 0 unspecified atom stereocenters. The predicted octanol–water partition coefficient (Wildman–Crippen LogP) is 2.44. The van der Waals surface area contributed by atoms with Crippen molar-refractivity contribution in [1.29, 1.82) is 0 Å². The maximum absolute atomic E-state index is 12.1. The van der Waals surface area contributed by atoms with E-state index in [4.69, 9.17) is 4.52 Å². The monoisotopic (exact) mass is 311 g/mol. The normalized spacial score (nSPS) is 10.9. The first-order chi connectivity index (χ1) is 11.1. The highest BCUT2D eigenvalue weighted by Crippen LogP contribution is 2.17. The molecule has 3 heterocycles. The zero-order valence-electron chi connectivity index (χ0n) is 12.9. The third kappa shape index (κ3) is 3.45. The Morgan fingerprint density at radius 3 is 3.00 bits per heavy atom. The highest BCUT2D eigenvalue weighted by molar-refractivity contribution is 5.92. The molecule has 0 bridgehead atoms. The first-order valence-corrected chi connectivity index (χ1v) is 7.31. The minimum Gasteiger partial charge on any atom is -0.350 e. The van der Waals surface area contributed by atoms with E-state index in [0.717, 1.165) is 11.3 Å². The van der Waals surface area contributed by atoms with Gasteiger partial charge in [-0.05, 0) is 26.0 Å². The van der Waals surface area contributed by atoms with E-state index >= 15 is 0 Å². The lowest BCUT2D eigenvalue weighted by Gasteiger charge is -2.04. The molecule has 0 atom stereocenters. The summed E-state index contributed by atoms with van der Waals surface area (Å²) in [6, 6.07) is 5.59. The van der Waals surface area contributed by atoms with Gasteiger partial charge in [0.25, 0.3) is 5.91 Å². The number of pyridine rings is 1. The van der Waals surface area contributed by atoms with Gasteiger partial charge in [-0.15, -0.1) is 0 Å². The molecule has 3 aromatic heterocycles. The van der Waals surface area contributed by atoms with Gasteiger partial charge in [-0.25, -0.2) is 4.98 Å². The van der Waals surface area contributed by atoms with E-state index in [0.29, 0.717) is 18.3 Å². The van der Waals surface area contributed by atoms with Crippen molar-refractivity contribution in [3.05, 3.63) is 54.6 Å². The second kappa shape index (κ2) is 6.43. The van der Waals surface area contributed by atoms with Crippen LogP contribution in [0.25, 0.3) is 11.3 Å². The van der Waals surface area contributed by atoms with Gasteiger partial charge in [-0.1, -0.05) is 5.16 Å². The standard InChI is InChI=1S/C16H17N5O2/c1-11(2)21-9-13(19-10-21)8-18-16(22)15-6-14(20-23-15)12-4-3-5-17-7-12/h3-7,9-11H,8H2,1-2H3,(H,18,22). The van der Waals surface area contributed by atoms with E-state index in [1.807, 2.05) is 16.8 Å². The maximum Gasteiger partial charge on any atom is 0.290 e. The van der Waals surface area contributed by atoms with Crippen LogP contribution in [0.3, 0.4) is 0 Å². The molecule has 0 saturated heterocycles. The van der Waals surface area contributed by atoms with E-state index in [2.05, 4.69) is 34.3 Å². The lowest BCUT2D eigenvalue weighted by molar-refractivity contribution is 0.0913. The summed E-state index contributed by atoms with van der Waals surface area (Å²) in [5, 5.41) is 6.66. The van der Waals surface area contributed by atoms with Gasteiger partial charge >= 0.3 is 0 Å². The largest absolute Gasteiger partial charge is 0.350 e. The number of nitrogens with one attached hydrogen (secondary N) is 1. The molecule has 0 radical (unpaired) electrons. The second-order valence-electron chi connectivity index (χ2n) is 5.41. The van der Waals surface area contributed by atoms with Crippen LogP contribution >= 0.6 is 0 Å². The van der Waals surface area contributed by atoms with Crippen molar-refractivity contribution in [2.45, 2.75) is 26.4 Å². The third-order valence-corrected chi connectivity index (χ3v) is 3.37. The van der Waals surface area contributed by atoms with Gasteiger partial charge in [0, 0.05) is 36.3 Å². The molecule has 0 aliphatic rings. The summed E-state index contributed by atoms with van der Waals surface area (Å²) in [6.07, 6.45) is 7.00. The number of hydrogen-bond donors (Lipinski definition) is 1. The van der Waals surface area contributed by atoms with Crippen LogP contribution in [0.5, 0.6) is 0 Å². The lowest BCUT2D eigenvalue weighted by atomic mass is 10.2. The molecule has 1 amide bonds. The summed E-state index contributed by atoms with van der Waals surface area (Å²) < 4.78 is 7.08. The molecule has 0 aliphatic heterocycles. The van der Waals surface area contributed by atoms with Gasteiger partial charge in [0.1, 0.15) is 5.69 Å². The van der Waals surface area contributed by atoms with Crippen molar-refractivity contribution in [3.8, 4) is 11.3 Å². The van der Waals surface area contributed by atoms with Gasteiger partial charge in [-0.3, -0.25) is 9.78 Å². The Kier molecular flexibility index (Phi) is 4.18. The fraction of sp³-hybridized carbons (Fsp3) is 0.250. The number of amides is 1. The molecule has 0 saturated carbocycles. The SMILES string of the molecule is CC(C)n1cnc(CNC(=O)c2cc(-c3cccnc3)no2)c1. The van der Waals surface area contributed by atoms with Crippen molar-refractivity contribution >= 4 is 5.91 Å². The minimum absolute atomic E-state index is 0.159. The van der Waals surface area contributed by atoms with E-state index in [-0.39, 0.29) is 11.7 Å². The first-order valence-electron chi connectivity index (χ1n) is 7.31. The quantitative estimate of drug-likeness (QED) is 0.782. The molecule has 3 aromatic rings.